The molecule has 0 aliphatic carbocycles. The monoisotopic (exact) mass is 344 g/mol. The molecule has 0 spiro atoms. The lowest BCUT2D eigenvalue weighted by Crippen LogP contribution is -2.23. The third kappa shape index (κ3) is 3.27. The summed E-state index contributed by atoms with van der Waals surface area (Å²) in [6.07, 6.45) is 0. The topological polar surface area (TPSA) is 72.8 Å². The molecule has 23 heavy (non-hydrogen) atoms. The molecule has 0 saturated heterocycles. The minimum atomic E-state index is -0.421. The maximum atomic E-state index is 10.7. The highest BCUT2D eigenvalue weighted by Gasteiger charge is 2.06. The molecule has 0 radical (unpaired) electrons. The van der Waals surface area contributed by atoms with Gasteiger partial charge in [0.15, 0.2) is 0 Å². The Morgan fingerprint density at radius 3 is 2.26 bits per heavy atom. The van der Waals surface area contributed by atoms with Crippen molar-refractivity contribution in [1.82, 2.24) is 4.57 Å². The van der Waals surface area contributed by atoms with Crippen molar-refractivity contribution in [3.63, 3.8) is 0 Å². The van der Waals surface area contributed by atoms with Gasteiger partial charge in [-0.1, -0.05) is 18.2 Å². The maximum Gasteiger partial charge on any atom is 0.269 e. The van der Waals surface area contributed by atoms with Gasteiger partial charge in [0, 0.05) is 19.2 Å². The van der Waals surface area contributed by atoms with Gasteiger partial charge in [0.2, 0.25) is 9.60 Å². The molecule has 0 amide bonds. The van der Waals surface area contributed by atoms with E-state index in [0.717, 1.165) is 15.3 Å². The lowest BCUT2D eigenvalue weighted by molar-refractivity contribution is -0.384. The highest BCUT2D eigenvalue weighted by Crippen LogP contribution is 2.17. The van der Waals surface area contributed by atoms with E-state index in [1.54, 1.807) is 19.2 Å². The number of para-hydroxylation sites is 1. The molecule has 0 N–H and O–H groups in total. The second kappa shape index (κ2) is 6.67. The Balaban J connectivity index is 2.14. The fraction of sp³-hybridized carbons (Fsp3) is 0.0667. The van der Waals surface area contributed by atoms with Crippen LogP contribution in [0.1, 0.15) is 0 Å². The second-order valence-corrected chi connectivity index (χ2v) is 6.58. The first kappa shape index (κ1) is 15.3. The van der Waals surface area contributed by atoms with Crippen LogP contribution in [0.2, 0.25) is 0 Å². The Kier molecular flexibility index (Phi) is 4.45. The van der Waals surface area contributed by atoms with Crippen molar-refractivity contribution in [2.24, 2.45) is 9.98 Å². The van der Waals surface area contributed by atoms with E-state index in [4.69, 9.17) is 0 Å². The first-order valence-corrected chi connectivity index (χ1v) is 8.83. The van der Waals surface area contributed by atoms with Gasteiger partial charge in [0.25, 0.3) is 5.69 Å². The number of aromatic nitrogens is 1. The predicted octanol–water partition coefficient (Wildman–Crippen LogP) is 3.27. The number of hydrogen-bond donors (Lipinski definition) is 0. The minimum absolute atomic E-state index is 0.0538. The molecule has 116 valence electrons. The number of nitro groups is 1. The highest BCUT2D eigenvalue weighted by atomic mass is 32.9. The lowest BCUT2D eigenvalue weighted by atomic mass is 10.3. The maximum absolute atomic E-state index is 10.7. The molecule has 0 fully saturated rings. The van der Waals surface area contributed by atoms with Gasteiger partial charge in [0.05, 0.1) is 16.3 Å². The van der Waals surface area contributed by atoms with Crippen LogP contribution in [0.15, 0.2) is 64.6 Å². The Morgan fingerprint density at radius 1 is 1.00 bits per heavy atom. The quantitative estimate of drug-likeness (QED) is 0.415. The third-order valence-corrected chi connectivity index (χ3v) is 5.23. The van der Waals surface area contributed by atoms with Crippen LogP contribution in [0.4, 0.5) is 11.4 Å². The molecule has 1 heterocycles. The van der Waals surface area contributed by atoms with E-state index in [2.05, 4.69) is 9.98 Å². The molecule has 6 nitrogen and oxygen atoms in total. The lowest BCUT2D eigenvalue weighted by Gasteiger charge is -2.01. The Hall–Kier alpha value is -2.58. The van der Waals surface area contributed by atoms with E-state index < -0.39 is 4.92 Å². The van der Waals surface area contributed by atoms with Crippen molar-refractivity contribution in [1.29, 1.82) is 0 Å². The average Bonchev–Trinajstić information content (AvgIpc) is 2.99. The van der Waals surface area contributed by atoms with Crippen LogP contribution in [0.3, 0.4) is 0 Å². The molecule has 2 aromatic carbocycles. The van der Waals surface area contributed by atoms with Gasteiger partial charge < -0.3 is 0 Å². The Bertz CT molecular complexity index is 953. The minimum Gasteiger partial charge on any atom is -0.261 e. The molecule has 0 saturated carbocycles. The van der Waals surface area contributed by atoms with Crippen molar-refractivity contribution in [2.45, 2.75) is 0 Å². The van der Waals surface area contributed by atoms with Crippen molar-refractivity contribution in [2.75, 3.05) is 7.05 Å². The largest absolute Gasteiger partial charge is 0.269 e. The smallest absolute Gasteiger partial charge is 0.261 e. The predicted molar refractivity (Wildman–Crippen MR) is 91.3 cm³/mol. The number of non-ortho nitro benzene ring substituents is 1. The van der Waals surface area contributed by atoms with Crippen molar-refractivity contribution < 1.29 is 4.92 Å². The van der Waals surface area contributed by atoms with Gasteiger partial charge >= 0.3 is 0 Å². The van der Waals surface area contributed by atoms with E-state index >= 15 is 0 Å². The number of hydrogen-bond acceptors (Lipinski definition) is 6. The molecule has 8 heteroatoms. The van der Waals surface area contributed by atoms with Crippen molar-refractivity contribution in [3.8, 4) is 5.69 Å². The van der Waals surface area contributed by atoms with E-state index in [-0.39, 0.29) is 5.69 Å². The summed E-state index contributed by atoms with van der Waals surface area (Å²) in [6.45, 7) is 0. The Labute approximate surface area is 138 Å². The van der Waals surface area contributed by atoms with E-state index in [1.165, 1.54) is 32.8 Å². The molecule has 0 bridgehead atoms. The van der Waals surface area contributed by atoms with Crippen molar-refractivity contribution in [3.05, 3.63) is 74.3 Å². The number of benzene rings is 2. The van der Waals surface area contributed by atoms with E-state index in [1.807, 2.05) is 34.9 Å². The summed E-state index contributed by atoms with van der Waals surface area (Å²) >= 11 is 0. The highest BCUT2D eigenvalue weighted by molar-refractivity contribution is 7.67. The van der Waals surface area contributed by atoms with Gasteiger partial charge in [-0.15, -0.1) is 0 Å². The van der Waals surface area contributed by atoms with Crippen LogP contribution in [0.25, 0.3) is 5.69 Å². The van der Waals surface area contributed by atoms with E-state index in [9.17, 15) is 10.1 Å². The van der Waals surface area contributed by atoms with Gasteiger partial charge in [-0.25, -0.2) is 4.99 Å². The summed E-state index contributed by atoms with van der Waals surface area (Å²) in [5, 5.41) is 10.7. The first-order chi connectivity index (χ1) is 11.2. The fourth-order valence-corrected chi connectivity index (χ4v) is 4.18. The summed E-state index contributed by atoms with van der Waals surface area (Å²) in [4.78, 5) is 20.8. The summed E-state index contributed by atoms with van der Waals surface area (Å²) in [7, 11) is 4.79. The first-order valence-electron chi connectivity index (χ1n) is 6.68. The molecule has 1 aromatic heterocycles. The van der Waals surface area contributed by atoms with Crippen LogP contribution in [0, 0.1) is 10.1 Å². The third-order valence-electron chi connectivity index (χ3n) is 3.06. The molecular weight excluding hydrogens is 332 g/mol. The normalized spacial score (nSPS) is 12.6. The van der Waals surface area contributed by atoms with Crippen LogP contribution in [0.5, 0.6) is 0 Å². The van der Waals surface area contributed by atoms with Crippen LogP contribution < -0.4 is 9.60 Å². The molecule has 0 unspecified atom stereocenters. The molecule has 3 rings (SSSR count). The Morgan fingerprint density at radius 2 is 1.65 bits per heavy atom. The number of nitro benzene ring substituents is 1. The summed E-state index contributed by atoms with van der Waals surface area (Å²) in [6, 6.07) is 16.0. The van der Waals surface area contributed by atoms with Crippen molar-refractivity contribution >= 4 is 32.1 Å². The summed E-state index contributed by atoms with van der Waals surface area (Å²) in [5.41, 5.74) is 1.70. The van der Waals surface area contributed by atoms with Gasteiger partial charge in [-0.3, -0.25) is 19.7 Å². The van der Waals surface area contributed by atoms with Crippen LogP contribution in [-0.4, -0.2) is 16.5 Å². The average molecular weight is 344 g/mol. The van der Waals surface area contributed by atoms with Gasteiger partial charge in [0.1, 0.15) is 0 Å². The van der Waals surface area contributed by atoms with Crippen LogP contribution >= 0.6 is 20.7 Å². The number of nitrogens with zero attached hydrogens (tertiary/aromatic N) is 4. The molecule has 0 aliphatic heterocycles. The zero-order chi connectivity index (χ0) is 16.2. The summed E-state index contributed by atoms with van der Waals surface area (Å²) < 4.78 is 1.97. The molecule has 0 aliphatic rings. The van der Waals surface area contributed by atoms with Crippen LogP contribution in [-0.2, 0) is 0 Å². The van der Waals surface area contributed by atoms with Gasteiger partial charge in [-0.2, -0.15) is 0 Å². The zero-order valence-electron chi connectivity index (χ0n) is 12.1. The molecule has 0 atom stereocenters. The summed E-state index contributed by atoms with van der Waals surface area (Å²) in [5.74, 6) is 0. The SMILES string of the molecule is CN=c1ssc(=Nc2ccc([N+](=O)[O-])cc2)n1-c1ccccc1. The van der Waals surface area contributed by atoms with Gasteiger partial charge in [-0.05, 0) is 44.9 Å². The standard InChI is InChI=1S/C15H12N4O2S2/c1-16-14-18(12-5-3-2-4-6-12)15(23-22-14)17-11-7-9-13(10-8-11)19(20)21/h2-10H,1H3. The second-order valence-electron chi connectivity index (χ2n) is 4.51. The molecular formula is C15H12N4O2S2. The molecule has 3 aromatic rings. The fourth-order valence-electron chi connectivity index (χ4n) is 1.99. The zero-order valence-corrected chi connectivity index (χ0v) is 13.8. The van der Waals surface area contributed by atoms with E-state index in [0.29, 0.717) is 5.69 Å². The number of rotatable bonds is 3.